The molecule has 3 rings (SSSR count). The van der Waals surface area contributed by atoms with Gasteiger partial charge in [0.2, 0.25) is 0 Å². The number of fused-ring (bicyclic) bond motifs is 1. The third-order valence-electron chi connectivity index (χ3n) is 3.18. The summed E-state index contributed by atoms with van der Waals surface area (Å²) in [5.41, 5.74) is 2.77. The van der Waals surface area contributed by atoms with Gasteiger partial charge in [0, 0.05) is 36.1 Å². The average molecular weight is 267 g/mol. The predicted octanol–water partition coefficient (Wildman–Crippen LogP) is 2.57. The Morgan fingerprint density at radius 1 is 1.20 bits per heavy atom. The van der Waals surface area contributed by atoms with Gasteiger partial charge in [0.25, 0.3) is 0 Å². The van der Waals surface area contributed by atoms with Gasteiger partial charge in [0.05, 0.1) is 12.1 Å². The maximum atomic E-state index is 10.8. The normalized spacial score (nSPS) is 10.8. The molecule has 0 aliphatic heterocycles. The van der Waals surface area contributed by atoms with E-state index in [1.54, 1.807) is 18.6 Å². The molecule has 0 saturated carbocycles. The van der Waals surface area contributed by atoms with Gasteiger partial charge in [-0.05, 0) is 30.3 Å². The first kappa shape index (κ1) is 12.3. The number of rotatable bonds is 4. The van der Waals surface area contributed by atoms with Crippen LogP contribution in [0.15, 0.2) is 48.9 Å². The topological polar surface area (TPSA) is 68.0 Å². The highest BCUT2D eigenvalue weighted by Gasteiger charge is 2.12. The van der Waals surface area contributed by atoms with Crippen molar-refractivity contribution in [1.82, 2.24) is 14.5 Å². The van der Waals surface area contributed by atoms with Gasteiger partial charge in [-0.25, -0.2) is 4.98 Å². The van der Waals surface area contributed by atoms with E-state index in [0.717, 1.165) is 22.3 Å². The highest BCUT2D eigenvalue weighted by molar-refractivity contribution is 5.84. The van der Waals surface area contributed by atoms with Crippen LogP contribution in [0.25, 0.3) is 22.3 Å². The summed E-state index contributed by atoms with van der Waals surface area (Å²) in [5, 5.41) is 9.91. The van der Waals surface area contributed by atoms with Crippen LogP contribution in [-0.4, -0.2) is 25.6 Å². The molecule has 3 aromatic heterocycles. The lowest BCUT2D eigenvalue weighted by Crippen LogP contribution is -2.06. The van der Waals surface area contributed by atoms with Crippen LogP contribution in [0.5, 0.6) is 0 Å². The largest absolute Gasteiger partial charge is 0.481 e. The van der Waals surface area contributed by atoms with Crippen molar-refractivity contribution < 1.29 is 9.90 Å². The molecular weight excluding hydrogens is 254 g/mol. The monoisotopic (exact) mass is 267 g/mol. The van der Waals surface area contributed by atoms with Crippen LogP contribution in [0.1, 0.15) is 6.42 Å². The fourth-order valence-electron chi connectivity index (χ4n) is 2.28. The van der Waals surface area contributed by atoms with E-state index in [9.17, 15) is 4.79 Å². The first-order valence-electron chi connectivity index (χ1n) is 6.32. The maximum Gasteiger partial charge on any atom is 0.305 e. The molecule has 5 heteroatoms. The fourth-order valence-corrected chi connectivity index (χ4v) is 2.28. The Kier molecular flexibility index (Phi) is 3.16. The second kappa shape index (κ2) is 5.13. The Labute approximate surface area is 115 Å². The third-order valence-corrected chi connectivity index (χ3v) is 3.18. The molecule has 0 fully saturated rings. The van der Waals surface area contributed by atoms with Crippen molar-refractivity contribution in [3.8, 4) is 11.3 Å². The van der Waals surface area contributed by atoms with E-state index in [0.29, 0.717) is 6.54 Å². The first-order valence-corrected chi connectivity index (χ1v) is 6.32. The molecule has 0 saturated heterocycles. The Balaban J connectivity index is 2.15. The van der Waals surface area contributed by atoms with Crippen molar-refractivity contribution >= 4 is 17.0 Å². The van der Waals surface area contributed by atoms with Crippen molar-refractivity contribution in [2.24, 2.45) is 0 Å². The zero-order valence-corrected chi connectivity index (χ0v) is 10.7. The Bertz CT molecular complexity index is 750. The Hall–Kier alpha value is -2.69. The quantitative estimate of drug-likeness (QED) is 0.788. The third kappa shape index (κ3) is 2.25. The predicted molar refractivity (Wildman–Crippen MR) is 75.2 cm³/mol. The van der Waals surface area contributed by atoms with E-state index < -0.39 is 5.97 Å². The molecule has 0 spiro atoms. The van der Waals surface area contributed by atoms with E-state index in [1.807, 2.05) is 34.9 Å². The van der Waals surface area contributed by atoms with Gasteiger partial charge >= 0.3 is 5.97 Å². The number of nitrogens with zero attached hydrogens (tertiary/aromatic N) is 3. The van der Waals surface area contributed by atoms with E-state index in [1.165, 1.54) is 0 Å². The van der Waals surface area contributed by atoms with Gasteiger partial charge in [-0.3, -0.25) is 9.78 Å². The lowest BCUT2D eigenvalue weighted by Gasteiger charge is -2.08. The number of pyridine rings is 2. The lowest BCUT2D eigenvalue weighted by atomic mass is 10.2. The SMILES string of the molecule is O=C(O)CCn1c(-c2ccncc2)cc2cccnc21. The molecule has 0 aromatic carbocycles. The van der Waals surface area contributed by atoms with Crippen LogP contribution in [0, 0.1) is 0 Å². The summed E-state index contributed by atoms with van der Waals surface area (Å²) in [5.74, 6) is -0.816. The zero-order valence-electron chi connectivity index (χ0n) is 10.7. The van der Waals surface area contributed by atoms with E-state index in [-0.39, 0.29) is 6.42 Å². The van der Waals surface area contributed by atoms with E-state index in [2.05, 4.69) is 9.97 Å². The van der Waals surface area contributed by atoms with Crippen LogP contribution in [0.2, 0.25) is 0 Å². The zero-order chi connectivity index (χ0) is 13.9. The summed E-state index contributed by atoms with van der Waals surface area (Å²) >= 11 is 0. The van der Waals surface area contributed by atoms with Gasteiger partial charge in [0.15, 0.2) is 0 Å². The van der Waals surface area contributed by atoms with E-state index in [4.69, 9.17) is 5.11 Å². The molecule has 20 heavy (non-hydrogen) atoms. The van der Waals surface area contributed by atoms with Gasteiger partial charge in [-0.2, -0.15) is 0 Å². The second-order valence-electron chi connectivity index (χ2n) is 4.48. The summed E-state index contributed by atoms with van der Waals surface area (Å²) in [4.78, 5) is 19.2. The number of carboxylic acid groups (broad SMARTS) is 1. The molecule has 100 valence electrons. The molecule has 5 nitrogen and oxygen atoms in total. The fraction of sp³-hybridized carbons (Fsp3) is 0.133. The molecule has 3 heterocycles. The summed E-state index contributed by atoms with van der Waals surface area (Å²) in [6.07, 6.45) is 5.23. The highest BCUT2D eigenvalue weighted by atomic mass is 16.4. The van der Waals surface area contributed by atoms with E-state index >= 15 is 0 Å². The minimum Gasteiger partial charge on any atom is -0.481 e. The van der Waals surface area contributed by atoms with Gasteiger partial charge in [-0.15, -0.1) is 0 Å². The smallest absolute Gasteiger partial charge is 0.305 e. The summed E-state index contributed by atoms with van der Waals surface area (Å²) in [6, 6.07) is 9.70. The number of aliphatic carboxylic acids is 1. The van der Waals surface area contributed by atoms with Crippen molar-refractivity contribution in [3.05, 3.63) is 48.9 Å². The lowest BCUT2D eigenvalue weighted by molar-refractivity contribution is -0.137. The minimum atomic E-state index is -0.816. The van der Waals surface area contributed by atoms with Crippen LogP contribution >= 0.6 is 0 Å². The molecule has 0 atom stereocenters. The standard InChI is InChI=1S/C15H13N3O2/c19-14(20)5-9-18-13(11-3-7-16-8-4-11)10-12-2-1-6-17-15(12)18/h1-4,6-8,10H,5,9H2,(H,19,20). The molecule has 0 radical (unpaired) electrons. The number of carbonyl (C=O) groups is 1. The first-order chi connectivity index (χ1) is 9.75. The van der Waals surface area contributed by atoms with Crippen molar-refractivity contribution in [2.75, 3.05) is 0 Å². The molecule has 0 aliphatic rings. The molecule has 0 bridgehead atoms. The van der Waals surface area contributed by atoms with Gasteiger partial charge in [0.1, 0.15) is 5.65 Å². The number of hydrogen-bond donors (Lipinski definition) is 1. The minimum absolute atomic E-state index is 0.0679. The molecule has 1 N–H and O–H groups in total. The Morgan fingerprint density at radius 2 is 2.00 bits per heavy atom. The van der Waals surface area contributed by atoms with Crippen LogP contribution in [-0.2, 0) is 11.3 Å². The van der Waals surface area contributed by atoms with Crippen LogP contribution in [0.3, 0.4) is 0 Å². The molecule has 0 aliphatic carbocycles. The average Bonchev–Trinajstić information content (AvgIpc) is 2.84. The second-order valence-corrected chi connectivity index (χ2v) is 4.48. The summed E-state index contributed by atoms with van der Waals surface area (Å²) < 4.78 is 1.94. The van der Waals surface area contributed by atoms with Crippen LogP contribution in [0.4, 0.5) is 0 Å². The van der Waals surface area contributed by atoms with Crippen LogP contribution < -0.4 is 0 Å². The maximum absolute atomic E-state index is 10.8. The summed E-state index contributed by atoms with van der Waals surface area (Å²) in [6.45, 7) is 0.396. The molecular formula is C15H13N3O2. The number of aryl methyl sites for hydroxylation is 1. The molecule has 0 unspecified atom stereocenters. The Morgan fingerprint density at radius 3 is 2.75 bits per heavy atom. The number of aromatic nitrogens is 3. The number of carboxylic acids is 1. The molecule has 3 aromatic rings. The summed E-state index contributed by atoms with van der Waals surface area (Å²) in [7, 11) is 0. The highest BCUT2D eigenvalue weighted by Crippen LogP contribution is 2.26. The van der Waals surface area contributed by atoms with Crippen molar-refractivity contribution in [1.29, 1.82) is 0 Å². The van der Waals surface area contributed by atoms with Crippen molar-refractivity contribution in [3.63, 3.8) is 0 Å². The number of hydrogen-bond acceptors (Lipinski definition) is 3. The molecule has 0 amide bonds. The van der Waals surface area contributed by atoms with Gasteiger partial charge in [-0.1, -0.05) is 0 Å². The van der Waals surface area contributed by atoms with Gasteiger partial charge < -0.3 is 9.67 Å². The van der Waals surface area contributed by atoms with Crippen molar-refractivity contribution in [2.45, 2.75) is 13.0 Å².